The van der Waals surface area contributed by atoms with E-state index in [9.17, 15) is 5.11 Å². The molecular formula is C15H24O2. The first-order chi connectivity index (χ1) is 7.89. The van der Waals surface area contributed by atoms with Gasteiger partial charge in [-0.2, -0.15) is 0 Å². The molecule has 0 aromatic heterocycles. The van der Waals surface area contributed by atoms with Crippen molar-refractivity contribution in [1.82, 2.24) is 0 Å². The van der Waals surface area contributed by atoms with Crippen LogP contribution in [0.4, 0.5) is 0 Å². The molecule has 0 spiro atoms. The number of hydrogen-bond donors (Lipinski definition) is 2. The lowest BCUT2D eigenvalue weighted by molar-refractivity contribution is 0.0431. The molecule has 0 amide bonds. The number of fused-ring (bicyclic) bond motifs is 2. The Kier molecular flexibility index (Phi) is 3.21. The molecule has 17 heavy (non-hydrogen) atoms. The third-order valence-electron chi connectivity index (χ3n) is 4.90. The van der Waals surface area contributed by atoms with Crippen molar-refractivity contribution in [3.05, 3.63) is 24.3 Å². The van der Waals surface area contributed by atoms with E-state index in [0.29, 0.717) is 0 Å². The van der Waals surface area contributed by atoms with Crippen molar-refractivity contribution in [2.75, 3.05) is 6.61 Å². The first-order valence-electron chi connectivity index (χ1n) is 6.59. The van der Waals surface area contributed by atoms with Crippen LogP contribution in [0, 0.1) is 17.3 Å². The minimum absolute atomic E-state index is 0.213. The largest absolute Gasteiger partial charge is 0.393 e. The fourth-order valence-corrected chi connectivity index (χ4v) is 3.51. The van der Waals surface area contributed by atoms with Crippen LogP contribution >= 0.6 is 0 Å². The fraction of sp³-hybridized carbons (Fsp3) is 0.733. The fourth-order valence-electron chi connectivity index (χ4n) is 3.51. The predicted octanol–water partition coefficient (Wildman–Crippen LogP) is 2.67. The van der Waals surface area contributed by atoms with Crippen LogP contribution < -0.4 is 0 Å². The highest BCUT2D eigenvalue weighted by Crippen LogP contribution is 2.60. The summed E-state index contributed by atoms with van der Waals surface area (Å²) < 4.78 is 0. The molecule has 4 atom stereocenters. The van der Waals surface area contributed by atoms with Gasteiger partial charge < -0.3 is 10.2 Å². The number of hydrogen-bond acceptors (Lipinski definition) is 2. The van der Waals surface area contributed by atoms with Gasteiger partial charge in [0.05, 0.1) is 6.61 Å². The van der Waals surface area contributed by atoms with E-state index in [-0.39, 0.29) is 12.0 Å². The van der Waals surface area contributed by atoms with Gasteiger partial charge in [0.1, 0.15) is 5.60 Å². The van der Waals surface area contributed by atoms with Crippen molar-refractivity contribution in [1.29, 1.82) is 0 Å². The van der Waals surface area contributed by atoms with Gasteiger partial charge in [-0.25, -0.2) is 0 Å². The summed E-state index contributed by atoms with van der Waals surface area (Å²) in [5.74, 6) is 1.50. The average molecular weight is 236 g/mol. The summed E-state index contributed by atoms with van der Waals surface area (Å²) in [6.45, 7) is 7.98. The van der Waals surface area contributed by atoms with Crippen LogP contribution in [0.25, 0.3) is 0 Å². The lowest BCUT2D eigenvalue weighted by Crippen LogP contribution is -2.27. The maximum atomic E-state index is 9.72. The summed E-state index contributed by atoms with van der Waals surface area (Å²) in [6, 6.07) is 0. The third-order valence-corrected chi connectivity index (χ3v) is 4.90. The van der Waals surface area contributed by atoms with Crippen LogP contribution in [0.5, 0.6) is 0 Å². The number of aliphatic hydroxyl groups is 2. The molecule has 2 nitrogen and oxygen atoms in total. The summed E-state index contributed by atoms with van der Waals surface area (Å²) in [4.78, 5) is 0. The predicted molar refractivity (Wildman–Crippen MR) is 69.5 cm³/mol. The Labute approximate surface area is 104 Å². The Hall–Kier alpha value is -0.600. The lowest BCUT2D eigenvalue weighted by Gasteiger charge is -2.35. The number of aliphatic hydroxyl groups excluding tert-OH is 1. The zero-order valence-corrected chi connectivity index (χ0v) is 10.9. The molecule has 2 bridgehead atoms. The van der Waals surface area contributed by atoms with Crippen molar-refractivity contribution in [3.8, 4) is 0 Å². The van der Waals surface area contributed by atoms with E-state index in [0.717, 1.165) is 18.3 Å². The van der Waals surface area contributed by atoms with Crippen LogP contribution in [0.3, 0.4) is 0 Å². The van der Waals surface area contributed by atoms with E-state index in [1.54, 1.807) is 13.0 Å². The van der Waals surface area contributed by atoms with E-state index >= 15 is 0 Å². The average Bonchev–Trinajstić information content (AvgIpc) is 2.83. The summed E-state index contributed by atoms with van der Waals surface area (Å²) in [6.07, 6.45) is 8.61. The molecule has 2 fully saturated rings. The van der Waals surface area contributed by atoms with Gasteiger partial charge in [-0.15, -0.1) is 0 Å². The standard InChI is InChI=1S/C15H24O2/c1-11-12-5-6-13(9-12)15(11,3)8-4-7-14(2,17)10-16/h4,7,12-13,16-17H,1,5-6,8-10H2,2-3H3/b7-4+. The molecular weight excluding hydrogens is 212 g/mol. The second kappa shape index (κ2) is 4.25. The minimum atomic E-state index is -1.09. The zero-order chi connectivity index (χ0) is 12.7. The lowest BCUT2D eigenvalue weighted by atomic mass is 9.69. The van der Waals surface area contributed by atoms with Crippen LogP contribution in [0.15, 0.2) is 24.3 Å². The summed E-state index contributed by atoms with van der Waals surface area (Å²) in [5.41, 5.74) is 0.530. The van der Waals surface area contributed by atoms with Crippen LogP contribution in [-0.2, 0) is 0 Å². The topological polar surface area (TPSA) is 40.5 Å². The molecule has 0 aromatic rings. The van der Waals surface area contributed by atoms with Gasteiger partial charge in [-0.1, -0.05) is 31.2 Å². The molecule has 0 heterocycles. The Morgan fingerprint density at radius 3 is 2.76 bits per heavy atom. The number of rotatable bonds is 4. The molecule has 0 radical (unpaired) electrons. The highest BCUT2D eigenvalue weighted by atomic mass is 16.3. The first-order valence-corrected chi connectivity index (χ1v) is 6.59. The normalized spacial score (nSPS) is 40.1. The molecule has 0 aromatic carbocycles. The number of allylic oxidation sites excluding steroid dienone is 2. The minimum Gasteiger partial charge on any atom is -0.393 e. The Morgan fingerprint density at radius 2 is 2.24 bits per heavy atom. The molecule has 4 unspecified atom stereocenters. The maximum Gasteiger partial charge on any atom is 0.103 e. The van der Waals surface area contributed by atoms with Crippen molar-refractivity contribution < 1.29 is 10.2 Å². The van der Waals surface area contributed by atoms with Crippen molar-refractivity contribution in [3.63, 3.8) is 0 Å². The van der Waals surface area contributed by atoms with E-state index in [4.69, 9.17) is 5.11 Å². The van der Waals surface area contributed by atoms with Crippen LogP contribution in [0.2, 0.25) is 0 Å². The molecule has 0 aliphatic heterocycles. The monoisotopic (exact) mass is 236 g/mol. The summed E-state index contributed by atoms with van der Waals surface area (Å²) >= 11 is 0. The summed E-state index contributed by atoms with van der Waals surface area (Å²) in [7, 11) is 0. The summed E-state index contributed by atoms with van der Waals surface area (Å²) in [5, 5.41) is 18.7. The molecule has 2 heteroatoms. The van der Waals surface area contributed by atoms with Gasteiger partial charge in [0.15, 0.2) is 0 Å². The quantitative estimate of drug-likeness (QED) is 0.737. The molecule has 2 aliphatic rings. The Bertz CT molecular complexity index is 343. The second-order valence-corrected chi connectivity index (χ2v) is 6.27. The van der Waals surface area contributed by atoms with Gasteiger partial charge in [0, 0.05) is 0 Å². The highest BCUT2D eigenvalue weighted by Gasteiger charge is 2.49. The van der Waals surface area contributed by atoms with Gasteiger partial charge in [0.2, 0.25) is 0 Å². The van der Waals surface area contributed by atoms with Gasteiger partial charge in [0.25, 0.3) is 0 Å². The molecule has 0 saturated heterocycles. The second-order valence-electron chi connectivity index (χ2n) is 6.27. The van der Waals surface area contributed by atoms with Crippen molar-refractivity contribution >= 4 is 0 Å². The first kappa shape index (κ1) is 12.8. The Balaban J connectivity index is 2.02. The van der Waals surface area contributed by atoms with E-state index in [1.165, 1.54) is 24.8 Å². The van der Waals surface area contributed by atoms with E-state index in [1.807, 2.05) is 6.08 Å². The molecule has 2 rings (SSSR count). The van der Waals surface area contributed by atoms with E-state index < -0.39 is 5.60 Å². The molecule has 2 aliphatic carbocycles. The van der Waals surface area contributed by atoms with Gasteiger partial charge in [-0.05, 0) is 49.9 Å². The van der Waals surface area contributed by atoms with Crippen LogP contribution in [0.1, 0.15) is 39.5 Å². The Morgan fingerprint density at radius 1 is 1.53 bits per heavy atom. The molecule has 96 valence electrons. The maximum absolute atomic E-state index is 9.72. The van der Waals surface area contributed by atoms with Gasteiger partial charge >= 0.3 is 0 Å². The molecule has 2 N–H and O–H groups in total. The third kappa shape index (κ3) is 2.21. The zero-order valence-electron chi connectivity index (χ0n) is 10.9. The highest BCUT2D eigenvalue weighted by molar-refractivity contribution is 5.25. The van der Waals surface area contributed by atoms with Crippen molar-refractivity contribution in [2.45, 2.75) is 45.1 Å². The smallest absolute Gasteiger partial charge is 0.103 e. The molecule has 2 saturated carbocycles. The van der Waals surface area contributed by atoms with Crippen LogP contribution in [-0.4, -0.2) is 22.4 Å². The van der Waals surface area contributed by atoms with Crippen molar-refractivity contribution in [2.24, 2.45) is 17.3 Å². The SMILES string of the molecule is C=C1C2CCC(C2)C1(C)C/C=C/C(C)(O)CO. The van der Waals surface area contributed by atoms with Gasteiger partial charge in [-0.3, -0.25) is 0 Å². The van der Waals surface area contributed by atoms with E-state index in [2.05, 4.69) is 13.5 Å².